The van der Waals surface area contributed by atoms with Gasteiger partial charge in [0.1, 0.15) is 0 Å². The Bertz CT molecular complexity index is 762. The van der Waals surface area contributed by atoms with Crippen molar-refractivity contribution in [1.29, 1.82) is 0 Å². The first-order chi connectivity index (χ1) is 10.6. The molecule has 0 aliphatic carbocycles. The standard InChI is InChI=1S/C19H23N3.ClH/c1-15(20(2)3)21(4)17-9-11-18(12-10-17)22-14-13-16-7-5-6-8-19(16)22;/h5-15H,1-4H3;1H. The first kappa shape index (κ1) is 17.4. The molecule has 0 saturated heterocycles. The Balaban J connectivity index is 0.00000192. The van der Waals surface area contributed by atoms with Gasteiger partial charge in [-0.25, -0.2) is 0 Å². The van der Waals surface area contributed by atoms with E-state index in [-0.39, 0.29) is 12.4 Å². The number of benzene rings is 2. The second kappa shape index (κ2) is 7.07. The monoisotopic (exact) mass is 329 g/mol. The summed E-state index contributed by atoms with van der Waals surface area (Å²) in [5.74, 6) is 0. The van der Waals surface area contributed by atoms with Crippen molar-refractivity contribution in [3.05, 3.63) is 60.8 Å². The van der Waals surface area contributed by atoms with Crippen molar-refractivity contribution in [2.24, 2.45) is 0 Å². The second-order valence-corrected chi connectivity index (χ2v) is 5.97. The summed E-state index contributed by atoms with van der Waals surface area (Å²) in [4.78, 5) is 4.48. The van der Waals surface area contributed by atoms with Crippen molar-refractivity contribution in [2.45, 2.75) is 13.1 Å². The first-order valence-corrected chi connectivity index (χ1v) is 7.64. The van der Waals surface area contributed by atoms with Gasteiger partial charge in [0.25, 0.3) is 0 Å². The summed E-state index contributed by atoms with van der Waals surface area (Å²) in [6, 6.07) is 19.3. The summed E-state index contributed by atoms with van der Waals surface area (Å²) in [6.07, 6.45) is 2.49. The van der Waals surface area contributed by atoms with Gasteiger partial charge in [0.05, 0.1) is 11.7 Å². The van der Waals surface area contributed by atoms with E-state index >= 15 is 0 Å². The summed E-state index contributed by atoms with van der Waals surface area (Å²) in [5.41, 5.74) is 3.66. The summed E-state index contributed by atoms with van der Waals surface area (Å²) in [6.45, 7) is 2.20. The predicted molar refractivity (Wildman–Crippen MR) is 102 cm³/mol. The quantitative estimate of drug-likeness (QED) is 0.657. The number of fused-ring (bicyclic) bond motifs is 1. The van der Waals surface area contributed by atoms with Crippen LogP contribution in [0, 0.1) is 0 Å². The topological polar surface area (TPSA) is 11.4 Å². The van der Waals surface area contributed by atoms with E-state index in [0.29, 0.717) is 6.17 Å². The van der Waals surface area contributed by atoms with Crippen LogP contribution in [0.3, 0.4) is 0 Å². The lowest BCUT2D eigenvalue weighted by atomic mass is 10.2. The zero-order valence-corrected chi connectivity index (χ0v) is 14.9. The van der Waals surface area contributed by atoms with Crippen molar-refractivity contribution in [3.8, 4) is 5.69 Å². The van der Waals surface area contributed by atoms with Gasteiger partial charge >= 0.3 is 0 Å². The van der Waals surface area contributed by atoms with Crippen LogP contribution in [0.4, 0.5) is 5.69 Å². The third-order valence-electron chi connectivity index (χ3n) is 4.44. The van der Waals surface area contributed by atoms with Crippen molar-refractivity contribution in [2.75, 3.05) is 26.0 Å². The summed E-state index contributed by atoms with van der Waals surface area (Å²) >= 11 is 0. The van der Waals surface area contributed by atoms with E-state index in [1.54, 1.807) is 0 Å². The fraction of sp³-hybridized carbons (Fsp3) is 0.263. The Kier molecular flexibility index (Phi) is 5.34. The number of rotatable bonds is 4. The van der Waals surface area contributed by atoms with Crippen molar-refractivity contribution in [1.82, 2.24) is 9.47 Å². The Morgan fingerprint density at radius 3 is 2.17 bits per heavy atom. The Hall–Kier alpha value is -1.97. The van der Waals surface area contributed by atoms with Gasteiger partial charge in [-0.05, 0) is 62.8 Å². The average molecular weight is 330 g/mol. The van der Waals surface area contributed by atoms with E-state index in [0.717, 1.165) is 0 Å². The molecule has 0 amide bonds. The lowest BCUT2D eigenvalue weighted by Crippen LogP contribution is -2.40. The van der Waals surface area contributed by atoms with E-state index in [2.05, 4.69) is 103 Å². The first-order valence-electron chi connectivity index (χ1n) is 7.64. The maximum Gasteiger partial charge on any atom is 0.0783 e. The van der Waals surface area contributed by atoms with Crippen LogP contribution in [-0.4, -0.2) is 36.8 Å². The maximum atomic E-state index is 2.28. The summed E-state index contributed by atoms with van der Waals surface area (Å²) in [7, 11) is 6.33. The van der Waals surface area contributed by atoms with E-state index in [1.807, 2.05) is 0 Å². The Morgan fingerprint density at radius 1 is 0.870 bits per heavy atom. The fourth-order valence-electron chi connectivity index (χ4n) is 2.72. The smallest absolute Gasteiger partial charge is 0.0783 e. The lowest BCUT2D eigenvalue weighted by Gasteiger charge is -2.32. The predicted octanol–water partition coefficient (Wildman–Crippen LogP) is 4.40. The normalized spacial score (nSPS) is 12.2. The molecule has 0 aliphatic rings. The van der Waals surface area contributed by atoms with Crippen molar-refractivity contribution < 1.29 is 0 Å². The molecule has 1 heterocycles. The van der Waals surface area contributed by atoms with Crippen LogP contribution in [-0.2, 0) is 0 Å². The van der Waals surface area contributed by atoms with E-state index in [4.69, 9.17) is 0 Å². The Morgan fingerprint density at radius 2 is 1.52 bits per heavy atom. The van der Waals surface area contributed by atoms with E-state index in [9.17, 15) is 0 Å². The molecule has 1 atom stereocenters. The molecule has 0 fully saturated rings. The molecule has 2 aromatic carbocycles. The molecule has 4 heteroatoms. The summed E-state index contributed by atoms with van der Waals surface area (Å²) in [5, 5.41) is 1.27. The molecule has 122 valence electrons. The number of hydrogen-bond acceptors (Lipinski definition) is 2. The van der Waals surface area contributed by atoms with Gasteiger partial charge in [0, 0.05) is 24.6 Å². The van der Waals surface area contributed by atoms with Crippen LogP contribution in [0.2, 0.25) is 0 Å². The van der Waals surface area contributed by atoms with Crippen LogP contribution in [0.25, 0.3) is 16.6 Å². The minimum absolute atomic E-state index is 0. The van der Waals surface area contributed by atoms with Crippen LogP contribution >= 0.6 is 12.4 Å². The minimum Gasteiger partial charge on any atom is -0.359 e. The zero-order valence-electron chi connectivity index (χ0n) is 14.1. The maximum absolute atomic E-state index is 2.28. The molecule has 0 spiro atoms. The van der Waals surface area contributed by atoms with Crippen molar-refractivity contribution >= 4 is 29.0 Å². The van der Waals surface area contributed by atoms with Crippen LogP contribution in [0.15, 0.2) is 60.8 Å². The molecule has 0 bridgehead atoms. The van der Waals surface area contributed by atoms with E-state index in [1.165, 1.54) is 22.3 Å². The largest absolute Gasteiger partial charge is 0.359 e. The Labute approximate surface area is 144 Å². The van der Waals surface area contributed by atoms with Gasteiger partial charge in [-0.1, -0.05) is 18.2 Å². The molecule has 1 unspecified atom stereocenters. The molecule has 0 aliphatic heterocycles. The second-order valence-electron chi connectivity index (χ2n) is 5.97. The number of nitrogens with zero attached hydrogens (tertiary/aromatic N) is 3. The number of halogens is 1. The molecule has 3 rings (SSSR count). The zero-order chi connectivity index (χ0) is 15.7. The third-order valence-corrected chi connectivity index (χ3v) is 4.44. The van der Waals surface area contributed by atoms with Crippen LogP contribution in [0.1, 0.15) is 6.92 Å². The van der Waals surface area contributed by atoms with Crippen LogP contribution < -0.4 is 4.90 Å². The molecule has 0 radical (unpaired) electrons. The molecule has 1 aromatic heterocycles. The molecule has 3 aromatic rings. The van der Waals surface area contributed by atoms with Gasteiger partial charge < -0.3 is 9.47 Å². The van der Waals surface area contributed by atoms with Gasteiger partial charge in [-0.3, -0.25) is 4.90 Å². The third kappa shape index (κ3) is 3.36. The SMILES string of the molecule is CC(N(C)C)N(C)c1ccc(-n2ccc3ccccc32)cc1.Cl. The number of aromatic nitrogens is 1. The highest BCUT2D eigenvalue weighted by Gasteiger charge is 2.12. The van der Waals surface area contributed by atoms with Gasteiger partial charge in [0.2, 0.25) is 0 Å². The van der Waals surface area contributed by atoms with Gasteiger partial charge in [-0.2, -0.15) is 0 Å². The van der Waals surface area contributed by atoms with Crippen LogP contribution in [0.5, 0.6) is 0 Å². The minimum atomic E-state index is 0. The average Bonchev–Trinajstić information content (AvgIpc) is 2.97. The highest BCUT2D eigenvalue weighted by Crippen LogP contribution is 2.23. The molecular weight excluding hydrogens is 306 g/mol. The molecule has 0 N–H and O–H groups in total. The number of anilines is 1. The highest BCUT2D eigenvalue weighted by molar-refractivity contribution is 5.85. The molecule has 23 heavy (non-hydrogen) atoms. The van der Waals surface area contributed by atoms with Gasteiger partial charge in [0.15, 0.2) is 0 Å². The highest BCUT2D eigenvalue weighted by atomic mass is 35.5. The summed E-state index contributed by atoms with van der Waals surface area (Å²) < 4.78 is 2.23. The van der Waals surface area contributed by atoms with E-state index < -0.39 is 0 Å². The molecular formula is C19H24ClN3. The fourth-order valence-corrected chi connectivity index (χ4v) is 2.72. The lowest BCUT2D eigenvalue weighted by molar-refractivity contribution is 0.311. The molecule has 0 saturated carbocycles. The van der Waals surface area contributed by atoms with Gasteiger partial charge in [-0.15, -0.1) is 12.4 Å². The number of hydrogen-bond donors (Lipinski definition) is 0. The number of para-hydroxylation sites is 1. The van der Waals surface area contributed by atoms with Crippen molar-refractivity contribution in [3.63, 3.8) is 0 Å². The molecule has 3 nitrogen and oxygen atoms in total.